The quantitative estimate of drug-likeness (QED) is 0.619. The Labute approximate surface area is 74.9 Å². The first-order valence-electron chi connectivity index (χ1n) is 4.12. The number of rotatable bonds is 4. The van der Waals surface area contributed by atoms with Crippen molar-refractivity contribution in [2.75, 3.05) is 20.7 Å². The Hall–Kier alpha value is -0.160. The summed E-state index contributed by atoms with van der Waals surface area (Å²) in [5, 5.41) is 11.4. The molecule has 0 aromatic carbocycles. The molecule has 2 unspecified atom stereocenters. The highest BCUT2D eigenvalue weighted by Gasteiger charge is 2.02. The van der Waals surface area contributed by atoms with Crippen molar-refractivity contribution in [1.82, 2.24) is 5.32 Å². The summed E-state index contributed by atoms with van der Waals surface area (Å²) in [5.74, 6) is 0. The predicted octanol–water partition coefficient (Wildman–Crippen LogP) is 0.559. The molecular weight excluding hydrogens is 158 g/mol. The van der Waals surface area contributed by atoms with Gasteiger partial charge in [0.1, 0.15) is 0 Å². The summed E-state index contributed by atoms with van der Waals surface area (Å²) in [4.78, 5) is 0. The van der Waals surface area contributed by atoms with Crippen LogP contribution < -0.4 is 5.32 Å². The van der Waals surface area contributed by atoms with Crippen molar-refractivity contribution in [3.63, 3.8) is 0 Å². The Morgan fingerprint density at radius 3 is 2.00 bits per heavy atom. The van der Waals surface area contributed by atoms with Gasteiger partial charge in [-0.2, -0.15) is 0 Å². The van der Waals surface area contributed by atoms with E-state index in [1.54, 1.807) is 13.8 Å². The monoisotopic (exact) mass is 179 g/mol. The third-order valence-corrected chi connectivity index (χ3v) is 0.790. The van der Waals surface area contributed by atoms with Gasteiger partial charge < -0.3 is 19.9 Å². The molecule has 4 heteroatoms. The van der Waals surface area contributed by atoms with Gasteiger partial charge in [-0.3, -0.25) is 0 Å². The van der Waals surface area contributed by atoms with Crippen LogP contribution in [0.15, 0.2) is 0 Å². The molecule has 0 aliphatic rings. The van der Waals surface area contributed by atoms with Crippen molar-refractivity contribution < 1.29 is 14.6 Å². The SMILES string of the molecule is CCOC(C)OC(C)O.CNC. The van der Waals surface area contributed by atoms with E-state index in [0.717, 1.165) is 0 Å². The van der Waals surface area contributed by atoms with Crippen molar-refractivity contribution in [3.8, 4) is 0 Å². The first-order chi connectivity index (χ1) is 5.58. The zero-order chi connectivity index (χ0) is 9.98. The smallest absolute Gasteiger partial charge is 0.157 e. The van der Waals surface area contributed by atoms with E-state index in [4.69, 9.17) is 14.6 Å². The molecule has 0 fully saturated rings. The van der Waals surface area contributed by atoms with Gasteiger partial charge in [-0.1, -0.05) is 0 Å². The van der Waals surface area contributed by atoms with E-state index in [1.165, 1.54) is 0 Å². The van der Waals surface area contributed by atoms with Crippen molar-refractivity contribution in [1.29, 1.82) is 0 Å². The second-order valence-corrected chi connectivity index (χ2v) is 2.26. The molecule has 0 radical (unpaired) electrons. The standard InChI is InChI=1S/C6H14O3.C2H7N/c1-4-8-6(3)9-5(2)7;1-3-2/h5-7H,4H2,1-3H3;3H,1-2H3. The number of hydrogen-bond acceptors (Lipinski definition) is 4. The van der Waals surface area contributed by atoms with Crippen LogP contribution in [0.4, 0.5) is 0 Å². The molecule has 76 valence electrons. The molecule has 0 saturated heterocycles. The van der Waals surface area contributed by atoms with Crippen LogP contribution in [0.2, 0.25) is 0 Å². The number of hydrogen-bond donors (Lipinski definition) is 2. The number of aliphatic hydroxyl groups excluding tert-OH is 1. The van der Waals surface area contributed by atoms with Crippen LogP contribution in [0.1, 0.15) is 20.8 Å². The van der Waals surface area contributed by atoms with Gasteiger partial charge in [0, 0.05) is 6.61 Å². The molecule has 0 amide bonds. The highest BCUT2D eigenvalue weighted by atomic mass is 16.7. The van der Waals surface area contributed by atoms with Crippen molar-refractivity contribution in [3.05, 3.63) is 0 Å². The summed E-state index contributed by atoms with van der Waals surface area (Å²) < 4.78 is 9.79. The second-order valence-electron chi connectivity index (χ2n) is 2.26. The Kier molecular flexibility index (Phi) is 13.0. The van der Waals surface area contributed by atoms with Crippen molar-refractivity contribution >= 4 is 0 Å². The van der Waals surface area contributed by atoms with Crippen LogP contribution in [0, 0.1) is 0 Å². The summed E-state index contributed by atoms with van der Waals surface area (Å²) in [6.45, 7) is 5.78. The third-order valence-electron chi connectivity index (χ3n) is 0.790. The minimum atomic E-state index is -0.744. The first kappa shape index (κ1) is 14.4. The molecular formula is C8H21NO3. The highest BCUT2D eigenvalue weighted by molar-refractivity contribution is 4.30. The molecule has 0 spiro atoms. The van der Waals surface area contributed by atoms with Gasteiger partial charge in [-0.15, -0.1) is 0 Å². The van der Waals surface area contributed by atoms with E-state index in [1.807, 2.05) is 21.0 Å². The zero-order valence-electron chi connectivity index (χ0n) is 8.63. The molecule has 0 aromatic heterocycles. The van der Waals surface area contributed by atoms with Gasteiger partial charge in [-0.25, -0.2) is 0 Å². The third kappa shape index (κ3) is 16.4. The van der Waals surface area contributed by atoms with E-state index in [2.05, 4.69) is 5.32 Å². The Morgan fingerprint density at radius 2 is 1.75 bits per heavy atom. The predicted molar refractivity (Wildman–Crippen MR) is 48.8 cm³/mol. The fourth-order valence-corrected chi connectivity index (χ4v) is 0.551. The molecule has 2 atom stereocenters. The minimum absolute atomic E-state index is 0.310. The molecule has 0 rings (SSSR count). The Balaban J connectivity index is 0. The van der Waals surface area contributed by atoms with Gasteiger partial charge in [0.05, 0.1) is 0 Å². The first-order valence-corrected chi connectivity index (χ1v) is 4.12. The molecule has 0 saturated carbocycles. The average Bonchev–Trinajstić information content (AvgIpc) is 1.87. The van der Waals surface area contributed by atoms with E-state index in [9.17, 15) is 0 Å². The van der Waals surface area contributed by atoms with Crippen LogP contribution in [-0.2, 0) is 9.47 Å². The molecule has 0 aromatic rings. The van der Waals surface area contributed by atoms with Crippen LogP contribution in [0.25, 0.3) is 0 Å². The maximum absolute atomic E-state index is 8.65. The number of ether oxygens (including phenoxy) is 2. The topological polar surface area (TPSA) is 50.7 Å². The summed E-state index contributed by atoms with van der Waals surface area (Å²) >= 11 is 0. The van der Waals surface area contributed by atoms with Gasteiger partial charge in [0.15, 0.2) is 12.6 Å². The van der Waals surface area contributed by atoms with Crippen molar-refractivity contribution in [2.24, 2.45) is 0 Å². The lowest BCUT2D eigenvalue weighted by molar-refractivity contribution is -0.211. The minimum Gasteiger partial charge on any atom is -0.368 e. The van der Waals surface area contributed by atoms with Crippen molar-refractivity contribution in [2.45, 2.75) is 33.4 Å². The Bertz CT molecular complexity index is 78.7. The number of aliphatic hydroxyl groups is 1. The maximum Gasteiger partial charge on any atom is 0.157 e. The highest BCUT2D eigenvalue weighted by Crippen LogP contribution is 1.95. The van der Waals surface area contributed by atoms with E-state index in [-0.39, 0.29) is 6.29 Å². The number of nitrogens with one attached hydrogen (secondary N) is 1. The normalized spacial score (nSPS) is 14.5. The second kappa shape index (κ2) is 10.8. The van der Waals surface area contributed by atoms with E-state index >= 15 is 0 Å². The van der Waals surface area contributed by atoms with Gasteiger partial charge >= 0.3 is 0 Å². The summed E-state index contributed by atoms with van der Waals surface area (Å²) in [6.07, 6.45) is -1.05. The van der Waals surface area contributed by atoms with E-state index < -0.39 is 6.29 Å². The fourth-order valence-electron chi connectivity index (χ4n) is 0.551. The van der Waals surface area contributed by atoms with Gasteiger partial charge in [0.25, 0.3) is 0 Å². The molecule has 0 aliphatic heterocycles. The molecule has 0 heterocycles. The lowest BCUT2D eigenvalue weighted by atomic mass is 10.7. The zero-order valence-corrected chi connectivity index (χ0v) is 8.63. The van der Waals surface area contributed by atoms with Gasteiger partial charge in [0.2, 0.25) is 0 Å². The van der Waals surface area contributed by atoms with Crippen LogP contribution >= 0.6 is 0 Å². The summed E-state index contributed by atoms with van der Waals surface area (Å²) in [5.41, 5.74) is 0. The van der Waals surface area contributed by atoms with Crippen LogP contribution in [0.3, 0.4) is 0 Å². The van der Waals surface area contributed by atoms with Crippen LogP contribution in [-0.4, -0.2) is 38.4 Å². The maximum atomic E-state index is 8.65. The fraction of sp³-hybridized carbons (Fsp3) is 1.00. The average molecular weight is 179 g/mol. The molecule has 12 heavy (non-hydrogen) atoms. The van der Waals surface area contributed by atoms with Crippen LogP contribution in [0.5, 0.6) is 0 Å². The van der Waals surface area contributed by atoms with E-state index in [0.29, 0.717) is 6.61 Å². The Morgan fingerprint density at radius 1 is 1.33 bits per heavy atom. The summed E-state index contributed by atoms with van der Waals surface area (Å²) in [7, 11) is 3.75. The molecule has 0 bridgehead atoms. The molecule has 0 aliphatic carbocycles. The molecule has 2 N–H and O–H groups in total. The summed E-state index contributed by atoms with van der Waals surface area (Å²) in [6, 6.07) is 0. The largest absolute Gasteiger partial charge is 0.368 e. The lowest BCUT2D eigenvalue weighted by Crippen LogP contribution is -2.19. The van der Waals surface area contributed by atoms with Gasteiger partial charge in [-0.05, 0) is 34.9 Å². The lowest BCUT2D eigenvalue weighted by Gasteiger charge is -2.13. The molecule has 4 nitrogen and oxygen atoms in total.